The number of hydrogen-bond acceptors (Lipinski definition) is 3. The standard InChI is InChI=1S/C22H29N3O3/c1-28-16-15-25(17-19-9-6-8-18-7-2-3-10-20(18)19)22(27)23-12-14-24-13-5-4-11-21(24)26/h2-3,6-10H,4-5,11-17H2,1H3,(H,23,27). The van der Waals surface area contributed by atoms with Crippen molar-refractivity contribution in [3.05, 3.63) is 48.0 Å². The predicted molar refractivity (Wildman–Crippen MR) is 110 cm³/mol. The maximum Gasteiger partial charge on any atom is 0.317 e. The monoisotopic (exact) mass is 383 g/mol. The van der Waals surface area contributed by atoms with Gasteiger partial charge in [0.15, 0.2) is 0 Å². The molecule has 6 nitrogen and oxygen atoms in total. The van der Waals surface area contributed by atoms with E-state index in [0.717, 1.165) is 35.7 Å². The molecule has 0 saturated carbocycles. The molecule has 2 aromatic rings. The molecule has 0 atom stereocenters. The lowest BCUT2D eigenvalue weighted by molar-refractivity contribution is -0.133. The first-order valence-electron chi connectivity index (χ1n) is 9.95. The van der Waals surface area contributed by atoms with Crippen molar-refractivity contribution < 1.29 is 14.3 Å². The van der Waals surface area contributed by atoms with Crippen molar-refractivity contribution in [1.29, 1.82) is 0 Å². The average Bonchev–Trinajstić information content (AvgIpc) is 2.72. The Balaban J connectivity index is 1.62. The van der Waals surface area contributed by atoms with Crippen molar-refractivity contribution in [1.82, 2.24) is 15.1 Å². The number of amides is 3. The fourth-order valence-electron chi connectivity index (χ4n) is 3.60. The highest BCUT2D eigenvalue weighted by molar-refractivity contribution is 5.86. The lowest BCUT2D eigenvalue weighted by atomic mass is 10.0. The number of carbonyl (C=O) groups excluding carboxylic acids is 2. The van der Waals surface area contributed by atoms with E-state index in [4.69, 9.17) is 4.74 Å². The van der Waals surface area contributed by atoms with Crippen molar-refractivity contribution in [3.8, 4) is 0 Å². The molecule has 1 N–H and O–H groups in total. The molecule has 0 spiro atoms. The zero-order valence-electron chi connectivity index (χ0n) is 16.5. The Morgan fingerprint density at radius 1 is 1.18 bits per heavy atom. The van der Waals surface area contributed by atoms with Gasteiger partial charge in [0.1, 0.15) is 0 Å². The van der Waals surface area contributed by atoms with Crippen LogP contribution >= 0.6 is 0 Å². The van der Waals surface area contributed by atoms with Crippen LogP contribution in [0, 0.1) is 0 Å². The second-order valence-electron chi connectivity index (χ2n) is 7.12. The van der Waals surface area contributed by atoms with E-state index < -0.39 is 0 Å². The molecule has 6 heteroatoms. The van der Waals surface area contributed by atoms with Crippen LogP contribution in [0.5, 0.6) is 0 Å². The van der Waals surface area contributed by atoms with Crippen LogP contribution in [0.15, 0.2) is 42.5 Å². The molecule has 3 rings (SSSR count). The summed E-state index contributed by atoms with van der Waals surface area (Å²) in [6.07, 6.45) is 2.63. The van der Waals surface area contributed by atoms with Gasteiger partial charge in [0, 0.05) is 46.3 Å². The number of hydrogen-bond donors (Lipinski definition) is 1. The molecule has 0 aromatic heterocycles. The minimum Gasteiger partial charge on any atom is -0.383 e. The second kappa shape index (κ2) is 10.1. The number of methoxy groups -OCH3 is 1. The van der Waals surface area contributed by atoms with Gasteiger partial charge < -0.3 is 19.9 Å². The first-order valence-corrected chi connectivity index (χ1v) is 9.95. The fraction of sp³-hybridized carbons (Fsp3) is 0.455. The molecule has 28 heavy (non-hydrogen) atoms. The van der Waals surface area contributed by atoms with E-state index in [1.54, 1.807) is 12.0 Å². The predicted octanol–water partition coefficient (Wildman–Crippen LogP) is 3.01. The number of ether oxygens (including phenoxy) is 1. The number of fused-ring (bicyclic) bond motifs is 1. The Hall–Kier alpha value is -2.60. The molecule has 1 heterocycles. The zero-order valence-corrected chi connectivity index (χ0v) is 16.5. The molecule has 0 aliphatic carbocycles. The quantitative estimate of drug-likeness (QED) is 0.762. The number of nitrogens with one attached hydrogen (secondary N) is 1. The van der Waals surface area contributed by atoms with E-state index in [9.17, 15) is 9.59 Å². The highest BCUT2D eigenvalue weighted by atomic mass is 16.5. The topological polar surface area (TPSA) is 61.9 Å². The van der Waals surface area contributed by atoms with E-state index >= 15 is 0 Å². The van der Waals surface area contributed by atoms with Gasteiger partial charge in [-0.15, -0.1) is 0 Å². The molecule has 0 unspecified atom stereocenters. The van der Waals surface area contributed by atoms with Gasteiger partial charge in [0.05, 0.1) is 6.61 Å². The van der Waals surface area contributed by atoms with Crippen molar-refractivity contribution in [3.63, 3.8) is 0 Å². The van der Waals surface area contributed by atoms with Crippen LogP contribution in [0.25, 0.3) is 10.8 Å². The maximum atomic E-state index is 12.8. The summed E-state index contributed by atoms with van der Waals surface area (Å²) >= 11 is 0. The maximum absolute atomic E-state index is 12.8. The SMILES string of the molecule is COCCN(Cc1cccc2ccccc12)C(=O)NCCN1CCCCC1=O. The van der Waals surface area contributed by atoms with Gasteiger partial charge in [-0.1, -0.05) is 42.5 Å². The summed E-state index contributed by atoms with van der Waals surface area (Å²) < 4.78 is 5.19. The van der Waals surface area contributed by atoms with E-state index in [0.29, 0.717) is 39.2 Å². The summed E-state index contributed by atoms with van der Waals surface area (Å²) in [6.45, 7) is 3.31. The Morgan fingerprint density at radius 2 is 2.00 bits per heavy atom. The molecule has 0 radical (unpaired) electrons. The number of urea groups is 1. The Kier molecular flexibility index (Phi) is 7.25. The Bertz CT molecular complexity index is 803. The Morgan fingerprint density at radius 3 is 2.82 bits per heavy atom. The third-order valence-electron chi connectivity index (χ3n) is 5.17. The average molecular weight is 383 g/mol. The first-order chi connectivity index (χ1) is 13.7. The van der Waals surface area contributed by atoms with Gasteiger partial charge in [-0.05, 0) is 29.2 Å². The summed E-state index contributed by atoms with van der Waals surface area (Å²) in [7, 11) is 1.63. The largest absolute Gasteiger partial charge is 0.383 e. The fourth-order valence-corrected chi connectivity index (χ4v) is 3.60. The van der Waals surface area contributed by atoms with Gasteiger partial charge in [-0.2, -0.15) is 0 Å². The van der Waals surface area contributed by atoms with Crippen LogP contribution in [0.4, 0.5) is 4.79 Å². The minimum absolute atomic E-state index is 0.130. The number of piperidine rings is 1. The summed E-state index contributed by atoms with van der Waals surface area (Å²) in [5.41, 5.74) is 1.11. The van der Waals surface area contributed by atoms with Crippen LogP contribution in [-0.4, -0.2) is 61.6 Å². The van der Waals surface area contributed by atoms with Crippen LogP contribution in [0.1, 0.15) is 24.8 Å². The van der Waals surface area contributed by atoms with Gasteiger partial charge >= 0.3 is 6.03 Å². The van der Waals surface area contributed by atoms with Crippen molar-refractivity contribution in [2.45, 2.75) is 25.8 Å². The molecule has 1 aliphatic heterocycles. The highest BCUT2D eigenvalue weighted by Gasteiger charge is 2.19. The molecule has 2 aromatic carbocycles. The minimum atomic E-state index is -0.130. The second-order valence-corrected chi connectivity index (χ2v) is 7.12. The first kappa shape index (κ1) is 20.1. The van der Waals surface area contributed by atoms with E-state index in [1.807, 2.05) is 23.1 Å². The van der Waals surface area contributed by atoms with E-state index in [1.165, 1.54) is 0 Å². The molecular weight excluding hydrogens is 354 g/mol. The van der Waals surface area contributed by atoms with E-state index in [2.05, 4.69) is 29.6 Å². The Labute approximate surface area is 166 Å². The summed E-state index contributed by atoms with van der Waals surface area (Å²) in [5.74, 6) is 0.187. The summed E-state index contributed by atoms with van der Waals surface area (Å²) in [5, 5.41) is 5.28. The lowest BCUT2D eigenvalue weighted by Gasteiger charge is -2.28. The molecule has 1 fully saturated rings. The van der Waals surface area contributed by atoms with Gasteiger partial charge in [-0.3, -0.25) is 4.79 Å². The zero-order chi connectivity index (χ0) is 19.8. The number of nitrogens with zero attached hydrogens (tertiary/aromatic N) is 2. The molecule has 150 valence electrons. The van der Waals surface area contributed by atoms with Crippen molar-refractivity contribution in [2.24, 2.45) is 0 Å². The number of rotatable bonds is 8. The number of benzene rings is 2. The normalized spacial score (nSPS) is 14.3. The molecule has 3 amide bonds. The summed E-state index contributed by atoms with van der Waals surface area (Å²) in [4.78, 5) is 28.3. The molecule has 1 saturated heterocycles. The van der Waals surface area contributed by atoms with Gasteiger partial charge in [0.25, 0.3) is 0 Å². The van der Waals surface area contributed by atoms with Crippen molar-refractivity contribution >= 4 is 22.7 Å². The van der Waals surface area contributed by atoms with Gasteiger partial charge in [-0.25, -0.2) is 4.79 Å². The third-order valence-corrected chi connectivity index (χ3v) is 5.17. The molecular formula is C22H29N3O3. The molecule has 1 aliphatic rings. The third kappa shape index (κ3) is 5.23. The summed E-state index contributed by atoms with van der Waals surface area (Å²) in [6, 6.07) is 14.2. The van der Waals surface area contributed by atoms with Crippen LogP contribution in [0.2, 0.25) is 0 Å². The number of likely N-dealkylation sites (tertiary alicyclic amines) is 1. The van der Waals surface area contributed by atoms with Gasteiger partial charge in [0.2, 0.25) is 5.91 Å². The lowest BCUT2D eigenvalue weighted by Crippen LogP contribution is -2.45. The van der Waals surface area contributed by atoms with E-state index in [-0.39, 0.29) is 11.9 Å². The number of carbonyl (C=O) groups is 2. The van der Waals surface area contributed by atoms with Crippen LogP contribution in [-0.2, 0) is 16.1 Å². The van der Waals surface area contributed by atoms with Crippen LogP contribution < -0.4 is 5.32 Å². The van der Waals surface area contributed by atoms with Crippen molar-refractivity contribution in [2.75, 3.05) is 39.9 Å². The van der Waals surface area contributed by atoms with Crippen LogP contribution in [0.3, 0.4) is 0 Å². The smallest absolute Gasteiger partial charge is 0.317 e. The highest BCUT2D eigenvalue weighted by Crippen LogP contribution is 2.20. The molecule has 0 bridgehead atoms.